The van der Waals surface area contributed by atoms with Crippen LogP contribution in [0.15, 0.2) is 36.4 Å². The molecule has 5 nitrogen and oxygen atoms in total. The molecular formula is C18H18O5. The number of ether oxygens (including phenoxy) is 2. The summed E-state index contributed by atoms with van der Waals surface area (Å²) >= 11 is 0. The summed E-state index contributed by atoms with van der Waals surface area (Å²) in [6.45, 7) is 3.32. The van der Waals surface area contributed by atoms with Crippen molar-refractivity contribution in [2.45, 2.75) is 13.8 Å². The maximum atomic E-state index is 12.2. The standard InChI is InChI=1S/C18H18O5/c1-11-4-5-12(2)14(8-11)17(20)10-23-18(21)15-9-13(22-3)6-7-16(15)19/h4-9,19H,10H2,1-3H3. The number of aromatic hydroxyl groups is 1. The van der Waals surface area contributed by atoms with Crippen molar-refractivity contribution < 1.29 is 24.2 Å². The average molecular weight is 314 g/mol. The van der Waals surface area contributed by atoms with Gasteiger partial charge >= 0.3 is 5.97 Å². The van der Waals surface area contributed by atoms with Crippen LogP contribution in [0.2, 0.25) is 0 Å². The van der Waals surface area contributed by atoms with E-state index < -0.39 is 5.97 Å². The van der Waals surface area contributed by atoms with E-state index in [4.69, 9.17) is 9.47 Å². The van der Waals surface area contributed by atoms with Gasteiger partial charge in [-0.25, -0.2) is 4.79 Å². The third kappa shape index (κ3) is 3.88. The molecule has 0 heterocycles. The maximum absolute atomic E-state index is 12.2. The van der Waals surface area contributed by atoms with Gasteiger partial charge in [0.1, 0.15) is 17.1 Å². The highest BCUT2D eigenvalue weighted by molar-refractivity contribution is 6.01. The molecule has 0 aliphatic heterocycles. The maximum Gasteiger partial charge on any atom is 0.342 e. The van der Waals surface area contributed by atoms with E-state index in [1.54, 1.807) is 6.07 Å². The van der Waals surface area contributed by atoms with Crippen LogP contribution in [0.3, 0.4) is 0 Å². The van der Waals surface area contributed by atoms with Crippen molar-refractivity contribution in [3.05, 3.63) is 58.7 Å². The zero-order valence-electron chi connectivity index (χ0n) is 13.3. The second-order valence-corrected chi connectivity index (χ2v) is 5.20. The number of rotatable bonds is 5. The van der Waals surface area contributed by atoms with Crippen molar-refractivity contribution in [2.24, 2.45) is 0 Å². The first-order valence-corrected chi connectivity index (χ1v) is 7.07. The highest BCUT2D eigenvalue weighted by Gasteiger charge is 2.17. The summed E-state index contributed by atoms with van der Waals surface area (Å²) in [5, 5.41) is 9.72. The summed E-state index contributed by atoms with van der Waals surface area (Å²) in [5.74, 6) is -0.882. The number of benzene rings is 2. The van der Waals surface area contributed by atoms with Crippen LogP contribution in [0.25, 0.3) is 0 Å². The molecule has 2 aromatic carbocycles. The zero-order valence-corrected chi connectivity index (χ0v) is 13.3. The van der Waals surface area contributed by atoms with Crippen LogP contribution in [0.1, 0.15) is 31.8 Å². The van der Waals surface area contributed by atoms with Crippen LogP contribution < -0.4 is 4.74 Å². The molecule has 23 heavy (non-hydrogen) atoms. The molecule has 2 aromatic rings. The van der Waals surface area contributed by atoms with Crippen LogP contribution in [-0.4, -0.2) is 30.6 Å². The van der Waals surface area contributed by atoms with Crippen molar-refractivity contribution in [3.63, 3.8) is 0 Å². The molecule has 0 bridgehead atoms. The lowest BCUT2D eigenvalue weighted by Gasteiger charge is -2.09. The van der Waals surface area contributed by atoms with E-state index >= 15 is 0 Å². The molecule has 0 unspecified atom stereocenters. The largest absolute Gasteiger partial charge is 0.507 e. The predicted molar refractivity (Wildman–Crippen MR) is 85.2 cm³/mol. The summed E-state index contributed by atoms with van der Waals surface area (Å²) in [4.78, 5) is 24.2. The molecule has 5 heteroatoms. The number of carbonyl (C=O) groups excluding carboxylic acids is 2. The Kier molecular flexibility index (Phi) is 5.01. The second kappa shape index (κ2) is 6.96. The van der Waals surface area contributed by atoms with Crippen molar-refractivity contribution in [1.29, 1.82) is 0 Å². The molecule has 0 amide bonds. The fourth-order valence-electron chi connectivity index (χ4n) is 2.13. The summed E-state index contributed by atoms with van der Waals surface area (Å²) < 4.78 is 10.0. The van der Waals surface area contributed by atoms with Crippen LogP contribution in [0.4, 0.5) is 0 Å². The number of aryl methyl sites for hydroxylation is 2. The van der Waals surface area contributed by atoms with E-state index in [-0.39, 0.29) is 23.7 Å². The summed E-state index contributed by atoms with van der Waals surface area (Å²) in [6, 6.07) is 9.73. The summed E-state index contributed by atoms with van der Waals surface area (Å²) in [7, 11) is 1.45. The average Bonchev–Trinajstić information content (AvgIpc) is 2.55. The Morgan fingerprint density at radius 2 is 1.78 bits per heavy atom. The lowest BCUT2D eigenvalue weighted by molar-refractivity contribution is 0.0471. The number of phenolic OH excluding ortho intramolecular Hbond substituents is 1. The van der Waals surface area contributed by atoms with Gasteiger partial charge in [-0.2, -0.15) is 0 Å². The Morgan fingerprint density at radius 1 is 1.04 bits per heavy atom. The number of ketones is 1. The summed E-state index contributed by atoms with van der Waals surface area (Å²) in [5.41, 5.74) is 2.25. The predicted octanol–water partition coefficient (Wildman–Crippen LogP) is 3.06. The van der Waals surface area contributed by atoms with Gasteiger partial charge in [-0.3, -0.25) is 4.79 Å². The van der Waals surface area contributed by atoms with E-state index in [1.165, 1.54) is 25.3 Å². The van der Waals surface area contributed by atoms with E-state index in [9.17, 15) is 14.7 Å². The molecule has 0 radical (unpaired) electrons. The molecule has 0 aromatic heterocycles. The van der Waals surface area contributed by atoms with Crippen molar-refractivity contribution >= 4 is 11.8 Å². The van der Waals surface area contributed by atoms with Gasteiger partial charge in [-0.1, -0.05) is 17.7 Å². The van der Waals surface area contributed by atoms with Gasteiger partial charge in [-0.15, -0.1) is 0 Å². The Bertz CT molecular complexity index is 749. The summed E-state index contributed by atoms with van der Waals surface area (Å²) in [6.07, 6.45) is 0. The Balaban J connectivity index is 2.10. The monoisotopic (exact) mass is 314 g/mol. The lowest BCUT2D eigenvalue weighted by atomic mass is 10.0. The minimum absolute atomic E-state index is 0.0434. The Morgan fingerprint density at radius 3 is 2.48 bits per heavy atom. The Labute approximate surface area is 134 Å². The van der Waals surface area contributed by atoms with Crippen LogP contribution in [-0.2, 0) is 4.74 Å². The Hall–Kier alpha value is -2.82. The number of hydrogen-bond acceptors (Lipinski definition) is 5. The highest BCUT2D eigenvalue weighted by Crippen LogP contribution is 2.23. The highest BCUT2D eigenvalue weighted by atomic mass is 16.5. The van der Waals surface area contributed by atoms with Gasteiger partial charge in [0.15, 0.2) is 6.61 Å². The van der Waals surface area contributed by atoms with Gasteiger partial charge in [0.05, 0.1) is 7.11 Å². The van der Waals surface area contributed by atoms with Gasteiger partial charge in [0, 0.05) is 5.56 Å². The van der Waals surface area contributed by atoms with Crippen LogP contribution in [0, 0.1) is 13.8 Å². The van der Waals surface area contributed by atoms with Gasteiger partial charge in [0.2, 0.25) is 5.78 Å². The topological polar surface area (TPSA) is 72.8 Å². The smallest absolute Gasteiger partial charge is 0.342 e. The molecule has 0 aliphatic carbocycles. The zero-order chi connectivity index (χ0) is 17.0. The van der Waals surface area contributed by atoms with E-state index in [0.29, 0.717) is 11.3 Å². The number of methoxy groups -OCH3 is 1. The fourth-order valence-corrected chi connectivity index (χ4v) is 2.13. The van der Waals surface area contributed by atoms with Crippen molar-refractivity contribution in [1.82, 2.24) is 0 Å². The molecule has 0 saturated carbocycles. The van der Waals surface area contributed by atoms with Crippen molar-refractivity contribution in [3.8, 4) is 11.5 Å². The molecule has 120 valence electrons. The molecule has 0 saturated heterocycles. The number of phenols is 1. The quantitative estimate of drug-likeness (QED) is 0.678. The molecule has 1 N–H and O–H groups in total. The van der Waals surface area contributed by atoms with E-state index in [0.717, 1.165) is 11.1 Å². The third-order valence-corrected chi connectivity index (χ3v) is 3.45. The van der Waals surface area contributed by atoms with Crippen molar-refractivity contribution in [2.75, 3.05) is 13.7 Å². The van der Waals surface area contributed by atoms with Crippen LogP contribution in [0.5, 0.6) is 11.5 Å². The lowest BCUT2D eigenvalue weighted by Crippen LogP contribution is -2.15. The van der Waals surface area contributed by atoms with Gasteiger partial charge in [-0.05, 0) is 43.7 Å². The third-order valence-electron chi connectivity index (χ3n) is 3.45. The number of Topliss-reactive ketones (excluding diaryl/α,β-unsaturated/α-hetero) is 1. The number of carbonyl (C=O) groups is 2. The fraction of sp³-hybridized carbons (Fsp3) is 0.222. The normalized spacial score (nSPS) is 10.2. The number of esters is 1. The minimum Gasteiger partial charge on any atom is -0.507 e. The SMILES string of the molecule is COc1ccc(O)c(C(=O)OCC(=O)c2cc(C)ccc2C)c1. The first kappa shape index (κ1) is 16.5. The molecule has 0 aliphatic rings. The molecule has 2 rings (SSSR count). The van der Waals surface area contributed by atoms with Crippen LogP contribution >= 0.6 is 0 Å². The first-order valence-electron chi connectivity index (χ1n) is 7.07. The van der Waals surface area contributed by atoms with E-state index in [1.807, 2.05) is 26.0 Å². The van der Waals surface area contributed by atoms with Gasteiger partial charge in [0.25, 0.3) is 0 Å². The number of hydrogen-bond donors (Lipinski definition) is 1. The second-order valence-electron chi connectivity index (χ2n) is 5.20. The molecular weight excluding hydrogens is 296 g/mol. The molecule has 0 spiro atoms. The molecule has 0 atom stereocenters. The van der Waals surface area contributed by atoms with Gasteiger partial charge < -0.3 is 14.6 Å². The first-order chi connectivity index (χ1) is 10.9. The molecule has 0 fully saturated rings. The minimum atomic E-state index is -0.778. The van der Waals surface area contributed by atoms with E-state index in [2.05, 4.69) is 0 Å².